The molecule has 0 rings (SSSR count). The first-order chi connectivity index (χ1) is 5.66. The second-order valence-electron chi connectivity index (χ2n) is 3.38. The minimum Gasteiger partial charge on any atom is -0.347 e. The molecule has 76 valence electrons. The Morgan fingerprint density at radius 1 is 1.62 bits per heavy atom. The first-order valence-corrected chi connectivity index (χ1v) is 5.33. The lowest BCUT2D eigenvalue weighted by Crippen LogP contribution is -2.49. The average molecular weight is 206 g/mol. The molecule has 13 heavy (non-hydrogen) atoms. The molecule has 0 spiro atoms. The van der Waals surface area contributed by atoms with E-state index in [1.165, 1.54) is 0 Å². The van der Waals surface area contributed by atoms with Gasteiger partial charge in [0.15, 0.2) is 0 Å². The molecular formula is C7H14N2O3S. The van der Waals surface area contributed by atoms with E-state index in [-0.39, 0.29) is 5.75 Å². The van der Waals surface area contributed by atoms with Crippen LogP contribution in [0.25, 0.3) is 0 Å². The normalized spacial score (nSPS) is 12.2. The van der Waals surface area contributed by atoms with Crippen molar-refractivity contribution in [2.24, 2.45) is 5.14 Å². The highest BCUT2D eigenvalue weighted by Gasteiger charge is 2.24. The van der Waals surface area contributed by atoms with E-state index in [9.17, 15) is 13.2 Å². The number of rotatable bonds is 4. The molecule has 0 saturated heterocycles. The zero-order valence-corrected chi connectivity index (χ0v) is 8.52. The summed E-state index contributed by atoms with van der Waals surface area (Å²) < 4.78 is 21.4. The third kappa shape index (κ3) is 6.30. The highest BCUT2D eigenvalue weighted by atomic mass is 32.2. The van der Waals surface area contributed by atoms with Gasteiger partial charge in [0.2, 0.25) is 15.9 Å². The van der Waals surface area contributed by atoms with Crippen molar-refractivity contribution >= 4 is 15.9 Å². The van der Waals surface area contributed by atoms with Gasteiger partial charge in [-0.1, -0.05) is 6.58 Å². The fraction of sp³-hybridized carbons (Fsp3) is 0.571. The van der Waals surface area contributed by atoms with E-state index in [0.717, 1.165) is 6.08 Å². The summed E-state index contributed by atoms with van der Waals surface area (Å²) in [5.74, 6) is -0.729. The highest BCUT2D eigenvalue weighted by Crippen LogP contribution is 2.04. The van der Waals surface area contributed by atoms with Crippen molar-refractivity contribution in [2.45, 2.75) is 19.4 Å². The van der Waals surface area contributed by atoms with Crippen molar-refractivity contribution in [3.8, 4) is 0 Å². The number of carbonyl (C=O) groups excluding carboxylic acids is 1. The lowest BCUT2D eigenvalue weighted by Gasteiger charge is -2.23. The number of sulfonamides is 1. The van der Waals surface area contributed by atoms with Crippen LogP contribution in [-0.2, 0) is 14.8 Å². The van der Waals surface area contributed by atoms with Gasteiger partial charge in [0.1, 0.15) is 0 Å². The van der Waals surface area contributed by atoms with Crippen LogP contribution in [0.4, 0.5) is 0 Å². The van der Waals surface area contributed by atoms with Crippen molar-refractivity contribution in [1.29, 1.82) is 0 Å². The topological polar surface area (TPSA) is 89.3 Å². The smallest absolute Gasteiger partial charge is 0.243 e. The molecule has 0 aliphatic heterocycles. The number of amides is 1. The second kappa shape index (κ2) is 3.89. The minimum absolute atomic E-state index is 0.306. The summed E-state index contributed by atoms with van der Waals surface area (Å²) >= 11 is 0. The van der Waals surface area contributed by atoms with E-state index in [4.69, 9.17) is 5.14 Å². The van der Waals surface area contributed by atoms with Crippen LogP contribution in [0, 0.1) is 0 Å². The van der Waals surface area contributed by atoms with Crippen LogP contribution < -0.4 is 10.5 Å². The maximum atomic E-state index is 10.8. The van der Waals surface area contributed by atoms with Gasteiger partial charge in [-0.15, -0.1) is 0 Å². The number of hydrogen-bond donors (Lipinski definition) is 2. The van der Waals surface area contributed by atoms with Crippen LogP contribution in [0.15, 0.2) is 12.7 Å². The number of nitrogens with two attached hydrogens (primary N) is 1. The Balaban J connectivity index is 4.41. The lowest BCUT2D eigenvalue weighted by molar-refractivity contribution is -0.117. The second-order valence-corrected chi connectivity index (χ2v) is 5.00. The Kier molecular flexibility index (Phi) is 3.62. The number of primary sulfonamides is 1. The van der Waals surface area contributed by atoms with Gasteiger partial charge in [-0.2, -0.15) is 0 Å². The van der Waals surface area contributed by atoms with Crippen LogP contribution in [0.5, 0.6) is 0 Å². The van der Waals surface area contributed by atoms with Crippen molar-refractivity contribution in [3.05, 3.63) is 12.7 Å². The van der Waals surface area contributed by atoms with Crippen molar-refractivity contribution in [1.82, 2.24) is 5.32 Å². The Labute approximate surface area is 78.1 Å². The standard InChI is InChI=1S/C7H14N2O3S/c1-4-6(10)9-7(2,3)5-13(8,11)12/h4H,1,5H2,2-3H3,(H,9,10)(H2,8,11,12). The molecule has 0 unspecified atom stereocenters. The van der Waals surface area contributed by atoms with E-state index in [2.05, 4.69) is 11.9 Å². The average Bonchev–Trinajstić information content (AvgIpc) is 1.80. The van der Waals surface area contributed by atoms with Crippen LogP contribution >= 0.6 is 0 Å². The van der Waals surface area contributed by atoms with Crippen LogP contribution in [0.2, 0.25) is 0 Å². The summed E-state index contributed by atoms with van der Waals surface area (Å²) in [5.41, 5.74) is -0.876. The van der Waals surface area contributed by atoms with Gasteiger partial charge < -0.3 is 5.32 Å². The predicted molar refractivity (Wildman–Crippen MR) is 50.4 cm³/mol. The summed E-state index contributed by atoms with van der Waals surface area (Å²) in [6.07, 6.45) is 1.07. The van der Waals surface area contributed by atoms with Gasteiger partial charge in [0, 0.05) is 5.54 Å². The molecule has 0 aromatic rings. The molecular weight excluding hydrogens is 192 g/mol. The first-order valence-electron chi connectivity index (χ1n) is 3.61. The molecule has 0 saturated carbocycles. The van der Waals surface area contributed by atoms with Crippen molar-refractivity contribution in [2.75, 3.05) is 5.75 Å². The molecule has 0 aromatic carbocycles. The molecule has 3 N–H and O–H groups in total. The molecule has 0 bridgehead atoms. The number of hydrogen-bond acceptors (Lipinski definition) is 3. The molecule has 0 radical (unpaired) electrons. The zero-order chi connectivity index (χ0) is 10.7. The van der Waals surface area contributed by atoms with Gasteiger partial charge >= 0.3 is 0 Å². The number of nitrogens with one attached hydrogen (secondary N) is 1. The maximum Gasteiger partial charge on any atom is 0.243 e. The quantitative estimate of drug-likeness (QED) is 0.599. The fourth-order valence-electron chi connectivity index (χ4n) is 0.924. The molecule has 1 amide bonds. The largest absolute Gasteiger partial charge is 0.347 e. The number of carbonyl (C=O) groups is 1. The summed E-state index contributed by atoms with van der Waals surface area (Å²) in [5, 5.41) is 7.28. The first kappa shape index (κ1) is 12.1. The predicted octanol–water partition coefficient (Wildman–Crippen LogP) is -0.644. The van der Waals surface area contributed by atoms with Gasteiger partial charge in [0.25, 0.3) is 0 Å². The van der Waals surface area contributed by atoms with Crippen molar-refractivity contribution in [3.63, 3.8) is 0 Å². The van der Waals surface area contributed by atoms with Gasteiger partial charge in [-0.25, -0.2) is 13.6 Å². The Morgan fingerprint density at radius 2 is 2.08 bits per heavy atom. The molecule has 0 aromatic heterocycles. The Bertz CT molecular complexity index is 306. The minimum atomic E-state index is -3.58. The Morgan fingerprint density at radius 3 is 2.38 bits per heavy atom. The van der Waals surface area contributed by atoms with E-state index >= 15 is 0 Å². The third-order valence-corrected chi connectivity index (χ3v) is 2.33. The Hall–Kier alpha value is -0.880. The highest BCUT2D eigenvalue weighted by molar-refractivity contribution is 7.89. The molecule has 0 atom stereocenters. The summed E-state index contributed by atoms with van der Waals surface area (Å²) in [4.78, 5) is 10.8. The molecule has 5 nitrogen and oxygen atoms in total. The monoisotopic (exact) mass is 206 g/mol. The fourth-order valence-corrected chi connectivity index (χ4v) is 2.00. The van der Waals surface area contributed by atoms with Gasteiger partial charge in [-0.05, 0) is 19.9 Å². The molecule has 0 aliphatic carbocycles. The van der Waals surface area contributed by atoms with Crippen LogP contribution in [-0.4, -0.2) is 25.6 Å². The van der Waals surface area contributed by atoms with Gasteiger partial charge in [-0.3, -0.25) is 4.79 Å². The van der Waals surface area contributed by atoms with E-state index in [1.807, 2.05) is 0 Å². The molecule has 6 heteroatoms. The summed E-state index contributed by atoms with van der Waals surface area (Å²) in [6.45, 7) is 6.39. The van der Waals surface area contributed by atoms with Crippen LogP contribution in [0.1, 0.15) is 13.8 Å². The maximum absolute atomic E-state index is 10.8. The summed E-state index contributed by atoms with van der Waals surface area (Å²) in [6, 6.07) is 0. The summed E-state index contributed by atoms with van der Waals surface area (Å²) in [7, 11) is -3.58. The molecule has 0 heterocycles. The van der Waals surface area contributed by atoms with Crippen LogP contribution in [0.3, 0.4) is 0 Å². The van der Waals surface area contributed by atoms with E-state index in [0.29, 0.717) is 0 Å². The van der Waals surface area contributed by atoms with E-state index in [1.54, 1.807) is 13.8 Å². The zero-order valence-electron chi connectivity index (χ0n) is 7.70. The van der Waals surface area contributed by atoms with Gasteiger partial charge in [0.05, 0.1) is 5.75 Å². The molecule has 0 aliphatic rings. The SMILES string of the molecule is C=CC(=O)NC(C)(C)CS(N)(=O)=O. The third-order valence-electron chi connectivity index (χ3n) is 1.21. The van der Waals surface area contributed by atoms with E-state index < -0.39 is 21.5 Å². The lowest BCUT2D eigenvalue weighted by atomic mass is 10.1. The van der Waals surface area contributed by atoms with Crippen molar-refractivity contribution < 1.29 is 13.2 Å². The molecule has 0 fully saturated rings.